The van der Waals surface area contributed by atoms with Gasteiger partial charge in [-0.05, 0) is 48.2 Å². The lowest BCUT2D eigenvalue weighted by atomic mass is 9.99. The van der Waals surface area contributed by atoms with Crippen LogP contribution in [-0.2, 0) is 6.54 Å². The second-order valence-corrected chi connectivity index (χ2v) is 6.34. The molecule has 2 nitrogen and oxygen atoms in total. The second kappa shape index (κ2) is 5.98. The molecule has 0 aromatic heterocycles. The highest BCUT2D eigenvalue weighted by molar-refractivity contribution is 9.10. The van der Waals surface area contributed by atoms with Gasteiger partial charge in [-0.25, -0.2) is 0 Å². The highest BCUT2D eigenvalue weighted by atomic mass is 79.9. The van der Waals surface area contributed by atoms with E-state index in [9.17, 15) is 0 Å². The van der Waals surface area contributed by atoms with Crippen LogP contribution in [0.2, 0.25) is 0 Å². The van der Waals surface area contributed by atoms with E-state index in [1.54, 1.807) is 0 Å². The third-order valence-electron chi connectivity index (χ3n) is 4.01. The summed E-state index contributed by atoms with van der Waals surface area (Å²) in [5, 5.41) is 0. The average Bonchev–Trinajstić information content (AvgIpc) is 2.92. The molecule has 3 rings (SSSR count). The maximum absolute atomic E-state index is 5.88. The first kappa shape index (κ1) is 13.7. The molecule has 2 aromatic carbocycles. The molecule has 3 heteroatoms. The maximum Gasteiger partial charge on any atom is 0.0318 e. The molecule has 0 amide bonds. The molecule has 0 aliphatic carbocycles. The van der Waals surface area contributed by atoms with Crippen molar-refractivity contribution in [3.63, 3.8) is 0 Å². The minimum Gasteiger partial charge on any atom is -0.399 e. The molecule has 1 saturated heterocycles. The second-order valence-electron chi connectivity index (χ2n) is 5.48. The lowest BCUT2D eigenvalue weighted by Crippen LogP contribution is -2.20. The summed E-state index contributed by atoms with van der Waals surface area (Å²) in [5.41, 5.74) is 9.45. The van der Waals surface area contributed by atoms with Crippen molar-refractivity contribution >= 4 is 21.6 Å². The van der Waals surface area contributed by atoms with Crippen molar-refractivity contribution in [3.05, 3.63) is 64.1 Å². The monoisotopic (exact) mass is 330 g/mol. The number of benzene rings is 2. The smallest absolute Gasteiger partial charge is 0.0318 e. The molecule has 1 fully saturated rings. The van der Waals surface area contributed by atoms with Gasteiger partial charge < -0.3 is 5.73 Å². The summed E-state index contributed by atoms with van der Waals surface area (Å²) in [6.45, 7) is 3.25. The number of halogens is 1. The molecule has 0 radical (unpaired) electrons. The third-order valence-corrected chi connectivity index (χ3v) is 4.78. The Morgan fingerprint density at radius 2 is 1.95 bits per heavy atom. The number of rotatable bonds is 3. The molecule has 2 N–H and O–H groups in total. The van der Waals surface area contributed by atoms with Crippen molar-refractivity contribution in [2.24, 2.45) is 0 Å². The molecule has 0 bridgehead atoms. The van der Waals surface area contributed by atoms with E-state index in [4.69, 9.17) is 5.73 Å². The zero-order valence-corrected chi connectivity index (χ0v) is 13.0. The van der Waals surface area contributed by atoms with Gasteiger partial charge in [-0.3, -0.25) is 4.90 Å². The van der Waals surface area contributed by atoms with Crippen LogP contribution >= 0.6 is 15.9 Å². The van der Waals surface area contributed by atoms with E-state index in [0.717, 1.165) is 29.8 Å². The number of nitrogens with zero attached hydrogens (tertiary/aromatic N) is 1. The van der Waals surface area contributed by atoms with E-state index in [1.807, 2.05) is 12.1 Å². The molecular weight excluding hydrogens is 312 g/mol. The molecule has 1 aliphatic rings. The van der Waals surface area contributed by atoms with Gasteiger partial charge in [0.05, 0.1) is 0 Å². The van der Waals surface area contributed by atoms with Crippen LogP contribution in [0.3, 0.4) is 0 Å². The average molecular weight is 331 g/mol. The summed E-state index contributed by atoms with van der Waals surface area (Å²) >= 11 is 3.62. The third kappa shape index (κ3) is 3.05. The molecule has 0 spiro atoms. The van der Waals surface area contributed by atoms with Crippen molar-refractivity contribution in [3.8, 4) is 0 Å². The lowest BCUT2D eigenvalue weighted by Gasteiger charge is -2.17. The number of nitrogens with two attached hydrogens (primary N) is 1. The van der Waals surface area contributed by atoms with Crippen LogP contribution in [0.25, 0.3) is 0 Å². The van der Waals surface area contributed by atoms with Crippen LogP contribution in [0.1, 0.15) is 23.5 Å². The van der Waals surface area contributed by atoms with Crippen LogP contribution in [0.5, 0.6) is 0 Å². The summed E-state index contributed by atoms with van der Waals surface area (Å²) in [5.74, 6) is 0.663. The fraction of sp³-hybridized carbons (Fsp3) is 0.294. The van der Waals surface area contributed by atoms with E-state index in [1.165, 1.54) is 17.5 Å². The first-order valence-corrected chi connectivity index (χ1v) is 7.83. The molecule has 1 heterocycles. The lowest BCUT2D eigenvalue weighted by molar-refractivity contribution is 0.326. The highest BCUT2D eigenvalue weighted by Crippen LogP contribution is 2.29. The summed E-state index contributed by atoms with van der Waals surface area (Å²) < 4.78 is 1.15. The molecule has 104 valence electrons. The van der Waals surface area contributed by atoms with Gasteiger partial charge in [-0.2, -0.15) is 0 Å². The molecular formula is C17H19BrN2. The zero-order chi connectivity index (χ0) is 13.9. The molecule has 20 heavy (non-hydrogen) atoms. The van der Waals surface area contributed by atoms with Crippen molar-refractivity contribution in [2.45, 2.75) is 18.9 Å². The SMILES string of the molecule is Nc1ccc(Br)c(CN2CCC(c3ccccc3)C2)c1. The molecule has 1 aliphatic heterocycles. The van der Waals surface area contributed by atoms with Crippen molar-refractivity contribution < 1.29 is 0 Å². The number of hydrogen-bond donors (Lipinski definition) is 1. The Labute approximate surface area is 128 Å². The summed E-state index contributed by atoms with van der Waals surface area (Å²) in [7, 11) is 0. The van der Waals surface area contributed by atoms with E-state index in [-0.39, 0.29) is 0 Å². The Morgan fingerprint density at radius 1 is 1.15 bits per heavy atom. The molecule has 1 atom stereocenters. The maximum atomic E-state index is 5.88. The normalized spacial score (nSPS) is 19.4. The van der Waals surface area contributed by atoms with Gasteiger partial charge in [0.2, 0.25) is 0 Å². The van der Waals surface area contributed by atoms with Crippen LogP contribution < -0.4 is 5.73 Å². The predicted molar refractivity (Wildman–Crippen MR) is 87.6 cm³/mol. The highest BCUT2D eigenvalue weighted by Gasteiger charge is 2.23. The van der Waals surface area contributed by atoms with E-state index in [2.05, 4.69) is 57.2 Å². The van der Waals surface area contributed by atoms with E-state index in [0.29, 0.717) is 5.92 Å². The minimum absolute atomic E-state index is 0.663. The van der Waals surface area contributed by atoms with Gasteiger partial charge >= 0.3 is 0 Å². The number of likely N-dealkylation sites (tertiary alicyclic amines) is 1. The van der Waals surface area contributed by atoms with Gasteiger partial charge in [0, 0.05) is 23.2 Å². The van der Waals surface area contributed by atoms with Crippen molar-refractivity contribution in [2.75, 3.05) is 18.8 Å². The van der Waals surface area contributed by atoms with Crippen LogP contribution in [0.4, 0.5) is 5.69 Å². The Balaban J connectivity index is 1.67. The first-order chi connectivity index (χ1) is 9.72. The molecule has 0 saturated carbocycles. The van der Waals surface area contributed by atoms with Crippen molar-refractivity contribution in [1.82, 2.24) is 4.90 Å². The van der Waals surface area contributed by atoms with Crippen LogP contribution in [0.15, 0.2) is 53.0 Å². The van der Waals surface area contributed by atoms with Gasteiger partial charge in [-0.1, -0.05) is 46.3 Å². The zero-order valence-electron chi connectivity index (χ0n) is 11.4. The van der Waals surface area contributed by atoms with Crippen LogP contribution in [0, 0.1) is 0 Å². The van der Waals surface area contributed by atoms with Gasteiger partial charge in [0.15, 0.2) is 0 Å². The predicted octanol–water partition coefficient (Wildman–Crippen LogP) is 4.02. The summed E-state index contributed by atoms with van der Waals surface area (Å²) in [6.07, 6.45) is 1.24. The summed E-state index contributed by atoms with van der Waals surface area (Å²) in [4.78, 5) is 2.51. The Bertz CT molecular complexity index is 583. The standard InChI is InChI=1S/C17H19BrN2/c18-17-7-6-16(19)10-15(17)12-20-9-8-14(11-20)13-4-2-1-3-5-13/h1-7,10,14H,8-9,11-12,19H2. The molecule has 2 aromatic rings. The Morgan fingerprint density at radius 3 is 2.75 bits per heavy atom. The quantitative estimate of drug-likeness (QED) is 0.861. The first-order valence-electron chi connectivity index (χ1n) is 7.03. The number of hydrogen-bond acceptors (Lipinski definition) is 2. The van der Waals surface area contributed by atoms with Crippen molar-refractivity contribution in [1.29, 1.82) is 0 Å². The van der Waals surface area contributed by atoms with Gasteiger partial charge in [-0.15, -0.1) is 0 Å². The van der Waals surface area contributed by atoms with E-state index >= 15 is 0 Å². The number of anilines is 1. The van der Waals surface area contributed by atoms with E-state index < -0.39 is 0 Å². The largest absolute Gasteiger partial charge is 0.399 e. The fourth-order valence-corrected chi connectivity index (χ4v) is 3.30. The Kier molecular flexibility index (Phi) is 4.08. The van der Waals surface area contributed by atoms with Gasteiger partial charge in [0.25, 0.3) is 0 Å². The minimum atomic E-state index is 0.663. The van der Waals surface area contributed by atoms with Crippen LogP contribution in [-0.4, -0.2) is 18.0 Å². The Hall–Kier alpha value is -1.32. The number of nitrogen functional groups attached to an aromatic ring is 1. The fourth-order valence-electron chi connectivity index (χ4n) is 2.93. The summed E-state index contributed by atoms with van der Waals surface area (Å²) in [6, 6.07) is 16.9. The van der Waals surface area contributed by atoms with Gasteiger partial charge in [0.1, 0.15) is 0 Å². The topological polar surface area (TPSA) is 29.3 Å². The molecule has 1 unspecified atom stereocenters.